The van der Waals surface area contributed by atoms with Crippen LogP contribution in [-0.2, 0) is 21.6 Å². The molecule has 0 saturated carbocycles. The standard InChI is InChI=1S/2C8H12.CH2O.Co/c2*1-2-4-6-8-7-5-3-1;1-2;/h2*1-2,7-8H,3-6H2;1H2;/b2*2-1-,8-7-;;. The largest absolute Gasteiger partial charge is 0.307 e. The van der Waals surface area contributed by atoms with Crippen molar-refractivity contribution < 1.29 is 21.6 Å². The smallest absolute Gasteiger partial charge is 0.106 e. The zero-order valence-corrected chi connectivity index (χ0v) is 12.8. The van der Waals surface area contributed by atoms with E-state index in [0.717, 1.165) is 0 Å². The normalized spacial score (nSPS) is 23.8. The van der Waals surface area contributed by atoms with Crippen LogP contribution in [0.2, 0.25) is 0 Å². The SMILES string of the molecule is C1=C\CC/C=C\CC/1.C1=C\CC/C=C\CC/1.C=O.[Co]. The Morgan fingerprint density at radius 3 is 0.632 bits per heavy atom. The molecule has 0 atom stereocenters. The first-order valence-corrected chi connectivity index (χ1v) is 6.89. The molecule has 2 aliphatic rings. The molecule has 0 saturated heterocycles. The number of carbonyl (C=O) groups is 1. The quantitative estimate of drug-likeness (QED) is 0.565. The minimum atomic E-state index is 0. The third-order valence-corrected chi connectivity index (χ3v) is 2.67. The predicted octanol–water partition coefficient (Wildman–Crippen LogP) is 5.16. The summed E-state index contributed by atoms with van der Waals surface area (Å²) in [7, 11) is 0. The fourth-order valence-corrected chi connectivity index (χ4v) is 1.71. The van der Waals surface area contributed by atoms with Crippen molar-refractivity contribution in [1.82, 2.24) is 0 Å². The molecule has 2 aliphatic carbocycles. The zero-order chi connectivity index (χ0) is 13.3. The van der Waals surface area contributed by atoms with E-state index in [1.54, 1.807) is 0 Å². The van der Waals surface area contributed by atoms with Gasteiger partial charge in [-0.25, -0.2) is 0 Å². The Hall–Kier alpha value is -0.864. The Balaban J connectivity index is 0. The fraction of sp³-hybridized carbons (Fsp3) is 0.471. The van der Waals surface area contributed by atoms with E-state index in [1.165, 1.54) is 51.4 Å². The third-order valence-electron chi connectivity index (χ3n) is 2.67. The van der Waals surface area contributed by atoms with E-state index in [9.17, 15) is 0 Å². The Kier molecular flexibility index (Phi) is 21.0. The number of hydrogen-bond donors (Lipinski definition) is 0. The molecule has 19 heavy (non-hydrogen) atoms. The van der Waals surface area contributed by atoms with Crippen LogP contribution in [0.15, 0.2) is 48.6 Å². The summed E-state index contributed by atoms with van der Waals surface area (Å²) in [6.45, 7) is 2.00. The number of allylic oxidation sites excluding steroid dienone is 8. The van der Waals surface area contributed by atoms with Gasteiger partial charge in [0.05, 0.1) is 0 Å². The number of hydrogen-bond acceptors (Lipinski definition) is 1. The average molecular weight is 305 g/mol. The molecule has 0 N–H and O–H groups in total. The van der Waals surface area contributed by atoms with Crippen molar-refractivity contribution in [3.05, 3.63) is 48.6 Å². The predicted molar refractivity (Wildman–Crippen MR) is 80.6 cm³/mol. The van der Waals surface area contributed by atoms with E-state index in [0.29, 0.717) is 0 Å². The molecule has 0 aliphatic heterocycles. The number of rotatable bonds is 0. The zero-order valence-electron chi connectivity index (χ0n) is 11.7. The minimum Gasteiger partial charge on any atom is -0.307 e. The molecule has 0 amide bonds. The van der Waals surface area contributed by atoms with Crippen LogP contribution in [0.1, 0.15) is 51.4 Å². The molecule has 0 fully saturated rings. The van der Waals surface area contributed by atoms with Crippen LogP contribution in [0.5, 0.6) is 0 Å². The van der Waals surface area contributed by atoms with Crippen molar-refractivity contribution in [2.24, 2.45) is 0 Å². The molecule has 2 rings (SSSR count). The molecule has 1 nitrogen and oxygen atoms in total. The van der Waals surface area contributed by atoms with Gasteiger partial charge < -0.3 is 4.79 Å². The molecule has 2 heteroatoms. The van der Waals surface area contributed by atoms with Crippen molar-refractivity contribution in [3.8, 4) is 0 Å². The molecule has 0 unspecified atom stereocenters. The van der Waals surface area contributed by atoms with Crippen molar-refractivity contribution in [3.63, 3.8) is 0 Å². The monoisotopic (exact) mass is 305 g/mol. The summed E-state index contributed by atoms with van der Waals surface area (Å²) < 4.78 is 0. The maximum atomic E-state index is 8.00. The summed E-state index contributed by atoms with van der Waals surface area (Å²) in [5.41, 5.74) is 0. The molecule has 0 aromatic rings. The molecule has 0 aromatic heterocycles. The van der Waals surface area contributed by atoms with Gasteiger partial charge in [-0.1, -0.05) is 48.6 Å². The van der Waals surface area contributed by atoms with Crippen LogP contribution in [0.3, 0.4) is 0 Å². The van der Waals surface area contributed by atoms with Gasteiger partial charge in [-0.15, -0.1) is 0 Å². The molecule has 0 aromatic carbocycles. The fourth-order valence-electron chi connectivity index (χ4n) is 1.71. The van der Waals surface area contributed by atoms with Gasteiger partial charge >= 0.3 is 0 Å². The maximum Gasteiger partial charge on any atom is 0.106 e. The topological polar surface area (TPSA) is 17.1 Å². The van der Waals surface area contributed by atoms with Crippen LogP contribution < -0.4 is 0 Å². The van der Waals surface area contributed by atoms with E-state index in [2.05, 4.69) is 48.6 Å². The average Bonchev–Trinajstić information content (AvgIpc) is 2.30. The molecular weight excluding hydrogens is 279 g/mol. The summed E-state index contributed by atoms with van der Waals surface area (Å²) in [5.74, 6) is 0. The molecule has 109 valence electrons. The first kappa shape index (κ1) is 20.5. The second-order valence-corrected chi connectivity index (χ2v) is 4.20. The van der Waals surface area contributed by atoms with Gasteiger partial charge in [-0.2, -0.15) is 0 Å². The van der Waals surface area contributed by atoms with Crippen LogP contribution >= 0.6 is 0 Å². The second kappa shape index (κ2) is 19.5. The van der Waals surface area contributed by atoms with Gasteiger partial charge in [0.2, 0.25) is 0 Å². The van der Waals surface area contributed by atoms with E-state index >= 15 is 0 Å². The van der Waals surface area contributed by atoms with Gasteiger partial charge in [0.1, 0.15) is 6.79 Å². The Labute approximate surface area is 128 Å². The molecular formula is C17H26CoO. The molecule has 0 bridgehead atoms. The summed E-state index contributed by atoms with van der Waals surface area (Å²) in [5, 5.41) is 0. The summed E-state index contributed by atoms with van der Waals surface area (Å²) in [6.07, 6.45) is 28.0. The third kappa shape index (κ3) is 17.1. The summed E-state index contributed by atoms with van der Waals surface area (Å²) in [4.78, 5) is 8.00. The minimum absolute atomic E-state index is 0. The summed E-state index contributed by atoms with van der Waals surface area (Å²) in [6, 6.07) is 0. The van der Waals surface area contributed by atoms with Crippen LogP contribution in [0.25, 0.3) is 0 Å². The van der Waals surface area contributed by atoms with E-state index < -0.39 is 0 Å². The first-order chi connectivity index (χ1) is 9.00. The van der Waals surface area contributed by atoms with Crippen molar-refractivity contribution >= 4 is 6.79 Å². The van der Waals surface area contributed by atoms with Gasteiger partial charge in [0, 0.05) is 16.8 Å². The van der Waals surface area contributed by atoms with Crippen LogP contribution in [0, 0.1) is 0 Å². The van der Waals surface area contributed by atoms with E-state index in [-0.39, 0.29) is 16.8 Å². The van der Waals surface area contributed by atoms with Crippen molar-refractivity contribution in [1.29, 1.82) is 0 Å². The van der Waals surface area contributed by atoms with Crippen LogP contribution in [-0.4, -0.2) is 6.79 Å². The first-order valence-electron chi connectivity index (χ1n) is 6.89. The Morgan fingerprint density at radius 1 is 0.421 bits per heavy atom. The second-order valence-electron chi connectivity index (χ2n) is 4.20. The van der Waals surface area contributed by atoms with Gasteiger partial charge in [0.15, 0.2) is 0 Å². The molecule has 1 radical (unpaired) electrons. The number of carbonyl (C=O) groups excluding carboxylic acids is 1. The molecule has 0 heterocycles. The van der Waals surface area contributed by atoms with Crippen LogP contribution in [0.4, 0.5) is 0 Å². The summed E-state index contributed by atoms with van der Waals surface area (Å²) >= 11 is 0. The van der Waals surface area contributed by atoms with Crippen molar-refractivity contribution in [2.45, 2.75) is 51.4 Å². The van der Waals surface area contributed by atoms with Gasteiger partial charge in [0.25, 0.3) is 0 Å². The Bertz CT molecular complexity index is 197. The van der Waals surface area contributed by atoms with Gasteiger partial charge in [-0.05, 0) is 51.4 Å². The molecule has 0 spiro atoms. The maximum absolute atomic E-state index is 8.00. The Morgan fingerprint density at radius 2 is 0.526 bits per heavy atom. The van der Waals surface area contributed by atoms with E-state index in [1.807, 2.05) is 6.79 Å². The van der Waals surface area contributed by atoms with Crippen molar-refractivity contribution in [2.75, 3.05) is 0 Å². The van der Waals surface area contributed by atoms with Gasteiger partial charge in [-0.3, -0.25) is 0 Å². The van der Waals surface area contributed by atoms with E-state index in [4.69, 9.17) is 4.79 Å².